The van der Waals surface area contributed by atoms with Crippen LogP contribution in [0.5, 0.6) is 0 Å². The van der Waals surface area contributed by atoms with Crippen molar-refractivity contribution in [3.8, 4) is 0 Å². The maximum absolute atomic E-state index is 11.9. The zero-order chi connectivity index (χ0) is 13.6. The maximum Gasteiger partial charge on any atom is 0.225 e. The minimum absolute atomic E-state index is 0.265. The zero-order valence-corrected chi connectivity index (χ0v) is 11.0. The largest absolute Gasteiger partial charge is 0.370 e. The van der Waals surface area contributed by atoms with Gasteiger partial charge in [0.1, 0.15) is 0 Å². The molecule has 0 radical (unpaired) electrons. The van der Waals surface area contributed by atoms with Crippen molar-refractivity contribution in [2.24, 2.45) is 28.5 Å². The quantitative estimate of drug-likeness (QED) is 0.620. The van der Waals surface area contributed by atoms with E-state index in [1.54, 1.807) is 0 Å². The second kappa shape index (κ2) is 6.73. The predicted molar refractivity (Wildman–Crippen MR) is 70.3 cm³/mol. The summed E-state index contributed by atoms with van der Waals surface area (Å²) in [7, 11) is 0. The van der Waals surface area contributed by atoms with Gasteiger partial charge in [0.25, 0.3) is 0 Å². The summed E-state index contributed by atoms with van der Waals surface area (Å²) in [4.78, 5) is 22.6. The second-order valence-corrected chi connectivity index (χ2v) is 5.38. The van der Waals surface area contributed by atoms with Crippen LogP contribution >= 0.6 is 0 Å². The Morgan fingerprint density at radius 1 is 1.11 bits per heavy atom. The van der Waals surface area contributed by atoms with Crippen molar-refractivity contribution in [2.45, 2.75) is 51.4 Å². The molecule has 5 heteroatoms. The maximum atomic E-state index is 11.9. The van der Waals surface area contributed by atoms with Crippen LogP contribution in [0, 0.1) is 11.3 Å². The summed E-state index contributed by atoms with van der Waals surface area (Å²) >= 11 is 0. The molecule has 0 aromatic carbocycles. The molecule has 104 valence electrons. The number of carbonyl (C=O) groups excluding carboxylic acids is 2. The van der Waals surface area contributed by atoms with Gasteiger partial charge in [0.15, 0.2) is 0 Å². The van der Waals surface area contributed by atoms with Crippen LogP contribution < -0.4 is 17.2 Å². The molecule has 5 nitrogen and oxygen atoms in total. The van der Waals surface area contributed by atoms with Crippen LogP contribution in [0.25, 0.3) is 0 Å². The minimum atomic E-state index is -0.643. The lowest BCUT2D eigenvalue weighted by Gasteiger charge is -2.39. The molecule has 0 bridgehead atoms. The third-order valence-corrected chi connectivity index (χ3v) is 4.29. The number of nitrogens with two attached hydrogens (primary N) is 3. The van der Waals surface area contributed by atoms with Gasteiger partial charge in [0.2, 0.25) is 11.8 Å². The summed E-state index contributed by atoms with van der Waals surface area (Å²) < 4.78 is 0. The van der Waals surface area contributed by atoms with Crippen LogP contribution in [0.15, 0.2) is 0 Å². The molecule has 0 spiro atoms. The van der Waals surface area contributed by atoms with Gasteiger partial charge >= 0.3 is 0 Å². The first-order chi connectivity index (χ1) is 8.53. The summed E-state index contributed by atoms with van der Waals surface area (Å²) in [5, 5.41) is 0. The molecule has 1 fully saturated rings. The Morgan fingerprint density at radius 3 is 2.17 bits per heavy atom. The monoisotopic (exact) mass is 255 g/mol. The standard InChI is InChI=1S/C13H25N3O2/c14-9-13(12(16)18,8-4-7-11(15)17)10-5-2-1-3-6-10/h10H,1-9,14H2,(H2,15,17)(H2,16,18). The topological polar surface area (TPSA) is 112 Å². The van der Waals surface area contributed by atoms with Crippen molar-refractivity contribution in [2.75, 3.05) is 6.54 Å². The number of primary amides is 2. The van der Waals surface area contributed by atoms with Gasteiger partial charge in [-0.1, -0.05) is 19.3 Å². The second-order valence-electron chi connectivity index (χ2n) is 5.38. The predicted octanol–water partition coefficient (Wildman–Crippen LogP) is 0.653. The molecule has 1 atom stereocenters. The Kier molecular flexibility index (Phi) is 5.59. The van der Waals surface area contributed by atoms with Gasteiger partial charge in [-0.2, -0.15) is 0 Å². The van der Waals surface area contributed by atoms with Crippen LogP contribution in [0.4, 0.5) is 0 Å². The minimum Gasteiger partial charge on any atom is -0.370 e. The Hall–Kier alpha value is -1.10. The van der Waals surface area contributed by atoms with E-state index in [4.69, 9.17) is 17.2 Å². The van der Waals surface area contributed by atoms with Gasteiger partial charge in [-0.3, -0.25) is 9.59 Å². The normalized spacial score (nSPS) is 20.3. The number of hydrogen-bond donors (Lipinski definition) is 3. The van der Waals surface area contributed by atoms with Gasteiger partial charge in [0.05, 0.1) is 5.41 Å². The van der Waals surface area contributed by atoms with Gasteiger partial charge in [-0.15, -0.1) is 0 Å². The van der Waals surface area contributed by atoms with E-state index >= 15 is 0 Å². The zero-order valence-electron chi connectivity index (χ0n) is 11.0. The third-order valence-electron chi connectivity index (χ3n) is 4.29. The highest BCUT2D eigenvalue weighted by atomic mass is 16.1. The average molecular weight is 255 g/mol. The van der Waals surface area contributed by atoms with Crippen LogP contribution in [0.2, 0.25) is 0 Å². The van der Waals surface area contributed by atoms with Crippen LogP contribution in [-0.4, -0.2) is 18.4 Å². The van der Waals surface area contributed by atoms with Crippen molar-refractivity contribution in [1.29, 1.82) is 0 Å². The van der Waals surface area contributed by atoms with E-state index < -0.39 is 5.41 Å². The molecule has 1 saturated carbocycles. The Labute approximate surface area is 108 Å². The molecule has 1 unspecified atom stereocenters. The SMILES string of the molecule is NCC(CCCC(N)=O)(C(N)=O)C1CCCCC1. The van der Waals surface area contributed by atoms with Gasteiger partial charge in [0, 0.05) is 13.0 Å². The summed E-state index contributed by atoms with van der Waals surface area (Å²) in [6.45, 7) is 0.270. The lowest BCUT2D eigenvalue weighted by atomic mass is 9.65. The smallest absolute Gasteiger partial charge is 0.225 e. The number of carbonyl (C=O) groups is 2. The highest BCUT2D eigenvalue weighted by Crippen LogP contribution is 2.41. The molecule has 6 N–H and O–H groups in total. The Balaban J connectivity index is 2.72. The molecule has 2 amide bonds. The molecular weight excluding hydrogens is 230 g/mol. The van der Waals surface area contributed by atoms with Gasteiger partial charge in [-0.05, 0) is 31.6 Å². The van der Waals surface area contributed by atoms with E-state index in [2.05, 4.69) is 0 Å². The lowest BCUT2D eigenvalue weighted by Crippen LogP contribution is -2.49. The van der Waals surface area contributed by atoms with E-state index in [0.29, 0.717) is 19.3 Å². The van der Waals surface area contributed by atoms with E-state index in [1.165, 1.54) is 6.42 Å². The molecule has 1 rings (SSSR count). The fraction of sp³-hybridized carbons (Fsp3) is 0.846. The highest BCUT2D eigenvalue weighted by molar-refractivity contribution is 5.81. The average Bonchev–Trinajstić information content (AvgIpc) is 2.35. The molecule has 0 heterocycles. The van der Waals surface area contributed by atoms with Crippen LogP contribution in [0.3, 0.4) is 0 Å². The molecule has 0 aromatic heterocycles. The molecule has 0 aliphatic heterocycles. The number of amides is 2. The molecule has 1 aliphatic rings. The summed E-state index contributed by atoms with van der Waals surface area (Å²) in [6.07, 6.45) is 6.97. The van der Waals surface area contributed by atoms with E-state index in [9.17, 15) is 9.59 Å². The summed E-state index contributed by atoms with van der Waals surface area (Å²) in [6, 6.07) is 0. The molecular formula is C13H25N3O2. The third kappa shape index (κ3) is 3.45. The molecule has 1 aliphatic carbocycles. The van der Waals surface area contributed by atoms with E-state index in [1.807, 2.05) is 0 Å². The van der Waals surface area contributed by atoms with E-state index in [-0.39, 0.29) is 24.3 Å². The Bertz CT molecular complexity index is 301. The fourth-order valence-electron chi connectivity index (χ4n) is 3.13. The first kappa shape index (κ1) is 15.0. The van der Waals surface area contributed by atoms with Crippen molar-refractivity contribution >= 4 is 11.8 Å². The van der Waals surface area contributed by atoms with Gasteiger partial charge in [-0.25, -0.2) is 0 Å². The van der Waals surface area contributed by atoms with E-state index in [0.717, 1.165) is 25.7 Å². The van der Waals surface area contributed by atoms with Crippen molar-refractivity contribution in [3.63, 3.8) is 0 Å². The van der Waals surface area contributed by atoms with Gasteiger partial charge < -0.3 is 17.2 Å². The number of rotatable bonds is 7. The number of hydrogen-bond acceptors (Lipinski definition) is 3. The molecule has 18 heavy (non-hydrogen) atoms. The molecule has 0 aromatic rings. The van der Waals surface area contributed by atoms with Crippen LogP contribution in [-0.2, 0) is 9.59 Å². The first-order valence-electron chi connectivity index (χ1n) is 6.81. The van der Waals surface area contributed by atoms with Crippen LogP contribution in [0.1, 0.15) is 51.4 Å². The lowest BCUT2D eigenvalue weighted by molar-refractivity contribution is -0.132. The fourth-order valence-corrected chi connectivity index (χ4v) is 3.13. The molecule has 0 saturated heterocycles. The van der Waals surface area contributed by atoms with Crippen molar-refractivity contribution in [3.05, 3.63) is 0 Å². The Morgan fingerprint density at radius 2 is 1.72 bits per heavy atom. The summed E-state index contributed by atoms with van der Waals surface area (Å²) in [5.41, 5.74) is 15.9. The summed E-state index contributed by atoms with van der Waals surface area (Å²) in [5.74, 6) is -0.392. The van der Waals surface area contributed by atoms with Crippen molar-refractivity contribution < 1.29 is 9.59 Å². The first-order valence-corrected chi connectivity index (χ1v) is 6.81. The van der Waals surface area contributed by atoms with Crippen molar-refractivity contribution in [1.82, 2.24) is 0 Å². The highest BCUT2D eigenvalue weighted by Gasteiger charge is 2.42.